The van der Waals surface area contributed by atoms with E-state index in [1.807, 2.05) is 30.5 Å². The third-order valence-electron chi connectivity index (χ3n) is 3.59. The molecule has 21 heavy (non-hydrogen) atoms. The zero-order valence-electron chi connectivity index (χ0n) is 11.5. The Hall–Kier alpha value is -1.89. The fraction of sp³-hybridized carbons (Fsp3) is 0.429. The fourth-order valence-corrected chi connectivity index (χ4v) is 4.29. The van der Waals surface area contributed by atoms with Gasteiger partial charge < -0.3 is 5.32 Å². The van der Waals surface area contributed by atoms with Gasteiger partial charge in [-0.2, -0.15) is 5.10 Å². The first-order valence-corrected chi connectivity index (χ1v) is 8.76. The lowest BCUT2D eigenvalue weighted by Gasteiger charge is -2.22. The van der Waals surface area contributed by atoms with Gasteiger partial charge in [-0.25, -0.2) is 8.42 Å². The lowest BCUT2D eigenvalue weighted by atomic mass is 10.2. The Kier molecular flexibility index (Phi) is 3.67. The van der Waals surface area contributed by atoms with Crippen LogP contribution in [0.25, 0.3) is 10.9 Å². The summed E-state index contributed by atoms with van der Waals surface area (Å²) in [4.78, 5) is 12.0. The Balaban J connectivity index is 1.63. The van der Waals surface area contributed by atoms with E-state index in [1.54, 1.807) is 4.68 Å². The molecule has 7 heteroatoms. The van der Waals surface area contributed by atoms with E-state index in [4.69, 9.17) is 0 Å². The van der Waals surface area contributed by atoms with Crippen LogP contribution in [-0.2, 0) is 21.2 Å². The van der Waals surface area contributed by atoms with Gasteiger partial charge in [-0.3, -0.25) is 9.48 Å². The highest BCUT2D eigenvalue weighted by atomic mass is 32.2. The van der Waals surface area contributed by atoms with Gasteiger partial charge in [-0.05, 0) is 18.9 Å². The Morgan fingerprint density at radius 2 is 2.19 bits per heavy atom. The molecule has 112 valence electrons. The second kappa shape index (κ2) is 5.48. The number of benzene rings is 1. The second-order valence-electron chi connectivity index (χ2n) is 5.41. The van der Waals surface area contributed by atoms with Gasteiger partial charge in [-0.15, -0.1) is 0 Å². The zero-order chi connectivity index (χ0) is 14.9. The highest BCUT2D eigenvalue weighted by molar-refractivity contribution is 7.91. The SMILES string of the molecule is O=C(Cn1cc2ccccc2n1)NC1CCCS(=O)(=O)C1. The van der Waals surface area contributed by atoms with Crippen LogP contribution >= 0.6 is 0 Å². The molecular formula is C14H17N3O3S. The monoisotopic (exact) mass is 307 g/mol. The topological polar surface area (TPSA) is 81.1 Å². The number of nitrogens with one attached hydrogen (secondary N) is 1. The highest BCUT2D eigenvalue weighted by Gasteiger charge is 2.25. The van der Waals surface area contributed by atoms with E-state index in [1.165, 1.54) is 0 Å². The van der Waals surface area contributed by atoms with Crippen molar-refractivity contribution in [3.63, 3.8) is 0 Å². The van der Waals surface area contributed by atoms with Gasteiger partial charge in [0.2, 0.25) is 5.91 Å². The van der Waals surface area contributed by atoms with Crippen LogP contribution in [0.15, 0.2) is 30.5 Å². The first-order valence-electron chi connectivity index (χ1n) is 6.94. The molecule has 1 atom stereocenters. The predicted molar refractivity (Wildman–Crippen MR) is 79.6 cm³/mol. The van der Waals surface area contributed by atoms with Crippen molar-refractivity contribution in [2.45, 2.75) is 25.4 Å². The molecule has 1 aliphatic rings. The average Bonchev–Trinajstić information content (AvgIpc) is 2.79. The van der Waals surface area contributed by atoms with Gasteiger partial charge in [0.05, 0.1) is 17.0 Å². The molecular weight excluding hydrogens is 290 g/mol. The van der Waals surface area contributed by atoms with Crippen molar-refractivity contribution < 1.29 is 13.2 Å². The maximum absolute atomic E-state index is 12.0. The molecule has 2 aromatic rings. The van der Waals surface area contributed by atoms with Gasteiger partial charge in [-0.1, -0.05) is 18.2 Å². The van der Waals surface area contributed by atoms with E-state index in [0.29, 0.717) is 12.8 Å². The number of hydrogen-bond donors (Lipinski definition) is 1. The van der Waals surface area contributed by atoms with Gasteiger partial charge in [0.15, 0.2) is 9.84 Å². The van der Waals surface area contributed by atoms with Crippen molar-refractivity contribution in [1.82, 2.24) is 15.1 Å². The van der Waals surface area contributed by atoms with E-state index in [2.05, 4.69) is 10.4 Å². The lowest BCUT2D eigenvalue weighted by Crippen LogP contribution is -2.44. The first kappa shape index (κ1) is 14.1. The summed E-state index contributed by atoms with van der Waals surface area (Å²) in [6.45, 7) is 0.102. The van der Waals surface area contributed by atoms with Crippen molar-refractivity contribution in [2.24, 2.45) is 0 Å². The standard InChI is InChI=1S/C14H17N3O3S/c18-14(15-12-5-3-7-21(19,20)10-12)9-17-8-11-4-1-2-6-13(11)16-17/h1-2,4,6,8,12H,3,5,7,9-10H2,(H,15,18). The molecule has 1 aromatic carbocycles. The second-order valence-corrected chi connectivity index (χ2v) is 7.64. The highest BCUT2D eigenvalue weighted by Crippen LogP contribution is 2.13. The molecule has 0 radical (unpaired) electrons. The summed E-state index contributed by atoms with van der Waals surface area (Å²) in [6, 6.07) is 7.36. The van der Waals surface area contributed by atoms with E-state index >= 15 is 0 Å². The molecule has 1 unspecified atom stereocenters. The van der Waals surface area contributed by atoms with Crippen molar-refractivity contribution in [3.8, 4) is 0 Å². The number of rotatable bonds is 3. The van der Waals surface area contributed by atoms with Crippen molar-refractivity contribution in [2.75, 3.05) is 11.5 Å². The molecule has 1 N–H and O–H groups in total. The molecule has 2 heterocycles. The summed E-state index contributed by atoms with van der Waals surface area (Å²) >= 11 is 0. The Bertz CT molecular complexity index is 734. The minimum absolute atomic E-state index is 0.0415. The molecule has 0 saturated carbocycles. The summed E-state index contributed by atoms with van der Waals surface area (Å²) in [5.41, 5.74) is 0.838. The summed E-state index contributed by atoms with van der Waals surface area (Å²) in [5.74, 6) is 0.0638. The number of carbonyl (C=O) groups excluding carboxylic acids is 1. The van der Waals surface area contributed by atoms with Crippen LogP contribution in [0, 0.1) is 0 Å². The van der Waals surface area contributed by atoms with Crippen LogP contribution in [-0.4, -0.2) is 41.7 Å². The van der Waals surface area contributed by atoms with E-state index < -0.39 is 9.84 Å². The van der Waals surface area contributed by atoms with E-state index in [-0.39, 0.29) is 30.0 Å². The number of amides is 1. The normalized spacial score (nSPS) is 21.2. The number of hydrogen-bond acceptors (Lipinski definition) is 4. The Labute approximate surface area is 123 Å². The van der Waals surface area contributed by atoms with Crippen molar-refractivity contribution in [1.29, 1.82) is 0 Å². The number of fused-ring (bicyclic) bond motifs is 1. The summed E-state index contributed by atoms with van der Waals surface area (Å²) in [5, 5.41) is 8.08. The minimum Gasteiger partial charge on any atom is -0.351 e. The largest absolute Gasteiger partial charge is 0.351 e. The molecule has 1 amide bonds. The smallest absolute Gasteiger partial charge is 0.241 e. The van der Waals surface area contributed by atoms with Crippen LogP contribution in [0.2, 0.25) is 0 Å². The molecule has 3 rings (SSSR count). The third kappa shape index (κ3) is 3.41. The van der Waals surface area contributed by atoms with Gasteiger partial charge in [0, 0.05) is 17.6 Å². The van der Waals surface area contributed by atoms with Gasteiger partial charge in [0.25, 0.3) is 0 Å². The maximum Gasteiger partial charge on any atom is 0.241 e. The van der Waals surface area contributed by atoms with Crippen molar-refractivity contribution >= 4 is 26.6 Å². The Morgan fingerprint density at radius 3 is 2.95 bits per heavy atom. The summed E-state index contributed by atoms with van der Waals surface area (Å²) < 4.78 is 24.7. The number of nitrogens with zero attached hydrogens (tertiary/aromatic N) is 2. The molecule has 1 saturated heterocycles. The number of carbonyl (C=O) groups is 1. The van der Waals surface area contributed by atoms with E-state index in [9.17, 15) is 13.2 Å². The van der Waals surface area contributed by atoms with Crippen molar-refractivity contribution in [3.05, 3.63) is 30.5 Å². The van der Waals surface area contributed by atoms with Crippen LogP contribution in [0.3, 0.4) is 0 Å². The van der Waals surface area contributed by atoms with Crippen LogP contribution in [0.4, 0.5) is 0 Å². The fourth-order valence-electron chi connectivity index (χ4n) is 2.65. The van der Waals surface area contributed by atoms with Crippen LogP contribution < -0.4 is 5.32 Å². The lowest BCUT2D eigenvalue weighted by molar-refractivity contribution is -0.122. The number of sulfone groups is 1. The number of aromatic nitrogens is 2. The summed E-state index contributed by atoms with van der Waals surface area (Å²) in [6.07, 6.45) is 3.14. The molecule has 0 aliphatic carbocycles. The molecule has 0 bridgehead atoms. The first-order chi connectivity index (χ1) is 10.0. The molecule has 1 aromatic heterocycles. The minimum atomic E-state index is -3.01. The van der Waals surface area contributed by atoms with Gasteiger partial charge in [0.1, 0.15) is 6.54 Å². The quantitative estimate of drug-likeness (QED) is 0.906. The van der Waals surface area contributed by atoms with Crippen LogP contribution in [0.5, 0.6) is 0 Å². The molecule has 0 spiro atoms. The van der Waals surface area contributed by atoms with Gasteiger partial charge >= 0.3 is 0 Å². The third-order valence-corrected chi connectivity index (χ3v) is 5.42. The predicted octanol–water partition coefficient (Wildman–Crippen LogP) is 0.730. The summed E-state index contributed by atoms with van der Waals surface area (Å²) in [7, 11) is -3.01. The molecule has 6 nitrogen and oxygen atoms in total. The molecule has 1 aliphatic heterocycles. The maximum atomic E-state index is 12.0. The Morgan fingerprint density at radius 1 is 1.38 bits per heavy atom. The average molecular weight is 307 g/mol. The molecule has 1 fully saturated rings. The van der Waals surface area contributed by atoms with Crippen LogP contribution in [0.1, 0.15) is 12.8 Å². The van der Waals surface area contributed by atoms with E-state index in [0.717, 1.165) is 10.9 Å². The zero-order valence-corrected chi connectivity index (χ0v) is 12.3.